The van der Waals surface area contributed by atoms with Crippen LogP contribution in [-0.4, -0.2) is 39.2 Å². The topological polar surface area (TPSA) is 81.7 Å². The molecule has 1 aliphatic carbocycles. The maximum absolute atomic E-state index is 12.2. The summed E-state index contributed by atoms with van der Waals surface area (Å²) in [4.78, 5) is 12.1. The Morgan fingerprint density at radius 1 is 1.00 bits per heavy atom. The van der Waals surface area contributed by atoms with Crippen molar-refractivity contribution in [2.75, 3.05) is 6.61 Å². The van der Waals surface area contributed by atoms with E-state index in [-0.39, 0.29) is 12.2 Å². The molecule has 6 nitrogen and oxygen atoms in total. The number of unbranched alkanes of at least 4 members (excludes halogenated alkanes) is 1. The van der Waals surface area contributed by atoms with Crippen LogP contribution in [0.15, 0.2) is 42.5 Å². The molecule has 2 heterocycles. The van der Waals surface area contributed by atoms with E-state index in [9.17, 15) is 13.2 Å². The number of carbonyl (C=O) groups excluding carboxylic acids is 1. The molecule has 0 spiro atoms. The Balaban J connectivity index is 1.12. The molecule has 1 aromatic carbocycles. The second-order valence-electron chi connectivity index (χ2n) is 10.4. The van der Waals surface area contributed by atoms with Gasteiger partial charge in [0.25, 0.3) is 0 Å². The molecule has 0 radical (unpaired) electrons. The summed E-state index contributed by atoms with van der Waals surface area (Å²) in [7, 11) is -3.66. The van der Waals surface area contributed by atoms with E-state index in [1.54, 1.807) is 24.3 Å². The Morgan fingerprint density at radius 2 is 1.74 bits per heavy atom. The number of ether oxygens (including phenoxy) is 2. The zero-order valence-corrected chi connectivity index (χ0v) is 21.6. The van der Waals surface area contributed by atoms with E-state index in [0.29, 0.717) is 42.1 Å². The Morgan fingerprint density at radius 3 is 2.51 bits per heavy atom. The van der Waals surface area contributed by atoms with Gasteiger partial charge < -0.3 is 9.47 Å². The molecule has 2 bridgehead atoms. The maximum Gasteiger partial charge on any atom is 0.239 e. The predicted molar refractivity (Wildman–Crippen MR) is 137 cm³/mol. The molecule has 7 heteroatoms. The van der Waals surface area contributed by atoms with Gasteiger partial charge >= 0.3 is 0 Å². The number of hydrogen-bond donors (Lipinski definition) is 1. The van der Waals surface area contributed by atoms with Crippen LogP contribution in [-0.2, 0) is 30.0 Å². The van der Waals surface area contributed by atoms with Crippen LogP contribution in [0.5, 0.6) is 0 Å². The van der Waals surface area contributed by atoms with Crippen LogP contribution in [0, 0.1) is 11.8 Å². The summed E-state index contributed by atoms with van der Waals surface area (Å²) in [6.07, 6.45) is 18.1. The molecule has 1 amide bonds. The maximum atomic E-state index is 12.2. The smallest absolute Gasteiger partial charge is 0.239 e. The highest BCUT2D eigenvalue weighted by molar-refractivity contribution is 7.89. The second kappa shape index (κ2) is 13.0. The summed E-state index contributed by atoms with van der Waals surface area (Å²) < 4.78 is 39.0. The number of carbonyl (C=O) groups is 1. The SMILES string of the molecule is O=C(CCC/C=C\C[C@@H]1[C@H](CCOC2CCCCC2)[C@@H]2CC[C@H]1O2)NS(=O)(=O)Cc1ccccc1. The molecule has 1 saturated carbocycles. The first-order chi connectivity index (χ1) is 17.0. The molecule has 35 heavy (non-hydrogen) atoms. The molecule has 4 rings (SSSR count). The van der Waals surface area contributed by atoms with Crippen molar-refractivity contribution >= 4 is 15.9 Å². The van der Waals surface area contributed by atoms with E-state index in [4.69, 9.17) is 9.47 Å². The van der Waals surface area contributed by atoms with Gasteiger partial charge in [0.1, 0.15) is 0 Å². The number of hydrogen-bond acceptors (Lipinski definition) is 5. The standard InChI is InChI=1S/C28H41NO5S/c30-28(29-35(31,32)21-22-11-5-3-6-12-22)16-10-2-1-9-15-24-25(27-18-17-26(24)34-27)19-20-33-23-13-7-4-8-14-23/h1,3,5-6,9,11-12,23-27H,2,4,7-8,10,13-21H2,(H,29,30)/b9-1-/t24-,25+,26-,27+/m1/s1. The minimum Gasteiger partial charge on any atom is -0.378 e. The average molecular weight is 504 g/mol. The van der Waals surface area contributed by atoms with Crippen LogP contribution in [0.3, 0.4) is 0 Å². The van der Waals surface area contributed by atoms with Gasteiger partial charge in [-0.2, -0.15) is 0 Å². The highest BCUT2D eigenvalue weighted by Gasteiger charge is 2.47. The second-order valence-corrected chi connectivity index (χ2v) is 12.1. The van der Waals surface area contributed by atoms with E-state index in [0.717, 1.165) is 25.9 Å². The van der Waals surface area contributed by atoms with E-state index < -0.39 is 15.9 Å². The van der Waals surface area contributed by atoms with Crippen LogP contribution in [0.1, 0.15) is 82.6 Å². The molecule has 2 saturated heterocycles. The number of fused-ring (bicyclic) bond motifs is 2. The van der Waals surface area contributed by atoms with Gasteiger partial charge in [-0.3, -0.25) is 9.52 Å². The number of nitrogens with one attached hydrogen (secondary N) is 1. The molecular weight excluding hydrogens is 462 g/mol. The number of benzene rings is 1. The third kappa shape index (κ3) is 8.16. The fourth-order valence-electron chi connectivity index (χ4n) is 6.01. The van der Waals surface area contributed by atoms with Gasteiger partial charge in [0.05, 0.1) is 24.1 Å². The third-order valence-electron chi connectivity index (χ3n) is 7.77. The first kappa shape index (κ1) is 26.4. The zero-order valence-electron chi connectivity index (χ0n) is 20.8. The Bertz CT molecular complexity index is 926. The minimum absolute atomic E-state index is 0.183. The summed E-state index contributed by atoms with van der Waals surface area (Å²) in [6, 6.07) is 8.89. The van der Waals surface area contributed by atoms with Gasteiger partial charge in [-0.1, -0.05) is 61.7 Å². The van der Waals surface area contributed by atoms with Crippen LogP contribution < -0.4 is 4.72 Å². The highest BCUT2D eigenvalue weighted by atomic mass is 32.2. The van der Waals surface area contributed by atoms with Crippen molar-refractivity contribution in [1.29, 1.82) is 0 Å². The Kier molecular flexibility index (Phi) is 9.81. The monoisotopic (exact) mass is 503 g/mol. The van der Waals surface area contributed by atoms with Gasteiger partial charge in [0.2, 0.25) is 15.9 Å². The van der Waals surface area contributed by atoms with Gasteiger partial charge in [-0.05, 0) is 68.8 Å². The number of sulfonamides is 1. The summed E-state index contributed by atoms with van der Waals surface area (Å²) in [5.41, 5.74) is 0.666. The molecule has 3 aliphatic rings. The lowest BCUT2D eigenvalue weighted by Gasteiger charge is -2.28. The third-order valence-corrected chi connectivity index (χ3v) is 9.02. The normalized spacial score (nSPS) is 27.0. The quantitative estimate of drug-likeness (QED) is 0.292. The van der Waals surface area contributed by atoms with Crippen LogP contribution in [0.4, 0.5) is 0 Å². The van der Waals surface area contributed by atoms with Crippen LogP contribution >= 0.6 is 0 Å². The number of allylic oxidation sites excluding steroid dienone is 2. The number of amides is 1. The molecule has 194 valence electrons. The molecule has 0 unspecified atom stereocenters. The first-order valence-corrected chi connectivity index (χ1v) is 15.1. The summed E-state index contributed by atoms with van der Waals surface area (Å²) in [5.74, 6) is 0.528. The van der Waals surface area contributed by atoms with Crippen molar-refractivity contribution in [3.63, 3.8) is 0 Å². The first-order valence-electron chi connectivity index (χ1n) is 13.5. The van der Waals surface area contributed by atoms with Gasteiger partial charge in [0.15, 0.2) is 0 Å². The van der Waals surface area contributed by atoms with Gasteiger partial charge in [-0.25, -0.2) is 8.42 Å². The summed E-state index contributed by atoms with van der Waals surface area (Å²) >= 11 is 0. The van der Waals surface area contributed by atoms with E-state index in [2.05, 4.69) is 16.9 Å². The summed E-state index contributed by atoms with van der Waals surface area (Å²) in [6.45, 7) is 0.852. The molecule has 1 aromatic rings. The number of rotatable bonds is 13. The van der Waals surface area contributed by atoms with Crippen LogP contribution in [0.25, 0.3) is 0 Å². The lowest BCUT2D eigenvalue weighted by atomic mass is 9.76. The highest BCUT2D eigenvalue weighted by Crippen LogP contribution is 2.46. The Hall–Kier alpha value is -1.70. The fourth-order valence-corrected chi connectivity index (χ4v) is 7.16. The predicted octanol–water partition coefficient (Wildman–Crippen LogP) is 5.28. The van der Waals surface area contributed by atoms with E-state index in [1.165, 1.54) is 44.9 Å². The van der Waals surface area contributed by atoms with Crippen molar-refractivity contribution in [3.8, 4) is 0 Å². The van der Waals surface area contributed by atoms with Crippen molar-refractivity contribution in [1.82, 2.24) is 4.72 Å². The minimum atomic E-state index is -3.66. The Labute approximate surface area is 210 Å². The van der Waals surface area contributed by atoms with Gasteiger partial charge in [0, 0.05) is 13.0 Å². The molecule has 3 fully saturated rings. The lowest BCUT2D eigenvalue weighted by Crippen LogP contribution is -2.31. The van der Waals surface area contributed by atoms with E-state index in [1.807, 2.05) is 6.07 Å². The van der Waals surface area contributed by atoms with Crippen molar-refractivity contribution in [2.45, 2.75) is 101 Å². The average Bonchev–Trinajstić information content (AvgIpc) is 3.44. The van der Waals surface area contributed by atoms with Crippen LogP contribution in [0.2, 0.25) is 0 Å². The van der Waals surface area contributed by atoms with Crippen molar-refractivity contribution < 1.29 is 22.7 Å². The molecule has 0 aromatic heterocycles. The lowest BCUT2D eigenvalue weighted by molar-refractivity contribution is -0.119. The zero-order chi connectivity index (χ0) is 24.5. The largest absolute Gasteiger partial charge is 0.378 e. The molecule has 1 N–H and O–H groups in total. The van der Waals surface area contributed by atoms with Crippen molar-refractivity contribution in [2.24, 2.45) is 11.8 Å². The van der Waals surface area contributed by atoms with Crippen molar-refractivity contribution in [3.05, 3.63) is 48.0 Å². The molecule has 4 atom stereocenters. The van der Waals surface area contributed by atoms with Gasteiger partial charge in [-0.15, -0.1) is 0 Å². The summed E-state index contributed by atoms with van der Waals surface area (Å²) in [5, 5.41) is 0. The fraction of sp³-hybridized carbons (Fsp3) is 0.679. The molecule has 2 aliphatic heterocycles. The van der Waals surface area contributed by atoms with E-state index >= 15 is 0 Å². The molecular formula is C28H41NO5S.